The molecular formula is C17H24N2O3. The Morgan fingerprint density at radius 1 is 1.23 bits per heavy atom. The summed E-state index contributed by atoms with van der Waals surface area (Å²) < 4.78 is 5.55. The second-order valence-electron chi connectivity index (χ2n) is 5.56. The number of carbonyl (C=O) groups is 2. The van der Waals surface area contributed by atoms with Crippen LogP contribution in [0, 0.1) is 5.92 Å². The summed E-state index contributed by atoms with van der Waals surface area (Å²) in [5.41, 5.74) is 1.25. The largest absolute Gasteiger partial charge is 0.484 e. The van der Waals surface area contributed by atoms with Gasteiger partial charge in [0, 0.05) is 26.1 Å². The molecular weight excluding hydrogens is 280 g/mol. The van der Waals surface area contributed by atoms with Crippen LogP contribution in [0.3, 0.4) is 0 Å². The van der Waals surface area contributed by atoms with Crippen molar-refractivity contribution < 1.29 is 14.3 Å². The smallest absolute Gasteiger partial charge is 0.260 e. The monoisotopic (exact) mass is 304 g/mol. The van der Waals surface area contributed by atoms with E-state index >= 15 is 0 Å². The van der Waals surface area contributed by atoms with Crippen molar-refractivity contribution in [3.8, 4) is 5.75 Å². The summed E-state index contributed by atoms with van der Waals surface area (Å²) in [5, 5.41) is 2.67. The Morgan fingerprint density at radius 3 is 2.41 bits per heavy atom. The van der Waals surface area contributed by atoms with Gasteiger partial charge < -0.3 is 15.0 Å². The number of hydrogen-bond donors (Lipinski definition) is 1. The summed E-state index contributed by atoms with van der Waals surface area (Å²) in [6.45, 7) is 3.39. The molecule has 1 saturated heterocycles. The Labute approximate surface area is 131 Å². The van der Waals surface area contributed by atoms with Gasteiger partial charge in [0.15, 0.2) is 6.61 Å². The second-order valence-corrected chi connectivity index (χ2v) is 5.56. The first-order chi connectivity index (χ1) is 10.6. The molecule has 1 aliphatic heterocycles. The third kappa shape index (κ3) is 4.23. The lowest BCUT2D eigenvalue weighted by atomic mass is 9.96. The van der Waals surface area contributed by atoms with E-state index in [2.05, 4.69) is 12.2 Å². The maximum absolute atomic E-state index is 12.1. The lowest BCUT2D eigenvalue weighted by molar-refractivity contribution is -0.137. The highest BCUT2D eigenvalue weighted by atomic mass is 16.5. The van der Waals surface area contributed by atoms with Crippen LogP contribution in [-0.4, -0.2) is 43.5 Å². The molecule has 0 unspecified atom stereocenters. The lowest BCUT2D eigenvalue weighted by Crippen LogP contribution is -2.44. The van der Waals surface area contributed by atoms with E-state index in [1.165, 1.54) is 5.56 Å². The normalized spacial score (nSPS) is 15.5. The summed E-state index contributed by atoms with van der Waals surface area (Å²) in [4.78, 5) is 25.5. The fourth-order valence-corrected chi connectivity index (χ4v) is 2.65. The van der Waals surface area contributed by atoms with E-state index in [0.29, 0.717) is 18.8 Å². The van der Waals surface area contributed by atoms with Gasteiger partial charge in [0.25, 0.3) is 5.91 Å². The molecule has 2 rings (SSSR count). The van der Waals surface area contributed by atoms with Crippen LogP contribution in [0.1, 0.15) is 25.3 Å². The lowest BCUT2D eigenvalue weighted by Gasteiger charge is -2.31. The van der Waals surface area contributed by atoms with E-state index in [1.54, 1.807) is 11.9 Å². The van der Waals surface area contributed by atoms with Crippen molar-refractivity contribution in [1.29, 1.82) is 0 Å². The van der Waals surface area contributed by atoms with Gasteiger partial charge in [0.1, 0.15) is 5.75 Å². The molecule has 120 valence electrons. The summed E-state index contributed by atoms with van der Waals surface area (Å²) in [6, 6.07) is 7.80. The molecule has 0 atom stereocenters. The van der Waals surface area contributed by atoms with Crippen molar-refractivity contribution >= 4 is 11.8 Å². The van der Waals surface area contributed by atoms with Crippen molar-refractivity contribution in [2.24, 2.45) is 5.92 Å². The van der Waals surface area contributed by atoms with Gasteiger partial charge in [-0.2, -0.15) is 0 Å². The molecule has 0 aromatic heterocycles. The topological polar surface area (TPSA) is 58.6 Å². The molecule has 0 spiro atoms. The van der Waals surface area contributed by atoms with Gasteiger partial charge in [-0.05, 0) is 37.0 Å². The zero-order valence-electron chi connectivity index (χ0n) is 13.3. The minimum atomic E-state index is -0.0186. The number of piperidine rings is 1. The van der Waals surface area contributed by atoms with Crippen molar-refractivity contribution in [1.82, 2.24) is 10.2 Å². The van der Waals surface area contributed by atoms with Crippen LogP contribution < -0.4 is 10.1 Å². The Bertz CT molecular complexity index is 505. The molecule has 1 heterocycles. The standard InChI is InChI=1S/C17H24N2O3/c1-3-13-4-6-15(7-5-13)22-12-16(20)19-10-8-14(9-11-19)17(21)18-2/h4-7,14H,3,8-12H2,1-2H3,(H,18,21). The van der Waals surface area contributed by atoms with Gasteiger partial charge in [-0.3, -0.25) is 9.59 Å². The molecule has 2 amide bonds. The number of ether oxygens (including phenoxy) is 1. The molecule has 1 aromatic rings. The molecule has 1 aliphatic rings. The molecule has 1 fully saturated rings. The fourth-order valence-electron chi connectivity index (χ4n) is 2.65. The van der Waals surface area contributed by atoms with Crippen LogP contribution >= 0.6 is 0 Å². The van der Waals surface area contributed by atoms with Crippen molar-refractivity contribution in [3.63, 3.8) is 0 Å². The van der Waals surface area contributed by atoms with Gasteiger partial charge in [-0.25, -0.2) is 0 Å². The van der Waals surface area contributed by atoms with E-state index < -0.39 is 0 Å². The van der Waals surface area contributed by atoms with Gasteiger partial charge in [0.05, 0.1) is 0 Å². The second kappa shape index (κ2) is 7.82. The molecule has 5 nitrogen and oxygen atoms in total. The van der Waals surface area contributed by atoms with Crippen LogP contribution in [0.5, 0.6) is 5.75 Å². The highest BCUT2D eigenvalue weighted by Crippen LogP contribution is 2.18. The average molecular weight is 304 g/mol. The molecule has 1 aromatic carbocycles. The highest BCUT2D eigenvalue weighted by molar-refractivity contribution is 5.80. The molecule has 5 heteroatoms. The van der Waals surface area contributed by atoms with Crippen LogP contribution in [0.25, 0.3) is 0 Å². The number of nitrogens with one attached hydrogen (secondary N) is 1. The minimum absolute atomic E-state index is 0.0186. The summed E-state index contributed by atoms with van der Waals surface area (Å²) in [7, 11) is 1.65. The number of rotatable bonds is 5. The maximum atomic E-state index is 12.1. The van der Waals surface area contributed by atoms with Crippen LogP contribution in [0.4, 0.5) is 0 Å². The number of benzene rings is 1. The zero-order valence-corrected chi connectivity index (χ0v) is 13.3. The van der Waals surface area contributed by atoms with E-state index in [9.17, 15) is 9.59 Å². The Morgan fingerprint density at radius 2 is 1.86 bits per heavy atom. The fraction of sp³-hybridized carbons (Fsp3) is 0.529. The molecule has 22 heavy (non-hydrogen) atoms. The van der Waals surface area contributed by atoms with Crippen LogP contribution in [0.15, 0.2) is 24.3 Å². The summed E-state index contributed by atoms with van der Waals surface area (Å²) in [5.74, 6) is 0.789. The molecule has 1 N–H and O–H groups in total. The number of amides is 2. The Balaban J connectivity index is 1.77. The Hall–Kier alpha value is -2.04. The number of aryl methyl sites for hydroxylation is 1. The third-order valence-electron chi connectivity index (χ3n) is 4.16. The predicted octanol–water partition coefficient (Wildman–Crippen LogP) is 1.61. The van der Waals surface area contributed by atoms with Crippen LogP contribution in [-0.2, 0) is 16.0 Å². The van der Waals surface area contributed by atoms with Gasteiger partial charge in [0.2, 0.25) is 5.91 Å². The number of carbonyl (C=O) groups excluding carboxylic acids is 2. The van der Waals surface area contributed by atoms with Crippen molar-refractivity contribution in [3.05, 3.63) is 29.8 Å². The maximum Gasteiger partial charge on any atom is 0.260 e. The quantitative estimate of drug-likeness (QED) is 0.899. The third-order valence-corrected chi connectivity index (χ3v) is 4.16. The molecule has 0 radical (unpaired) electrons. The van der Waals surface area contributed by atoms with Gasteiger partial charge >= 0.3 is 0 Å². The van der Waals surface area contributed by atoms with Gasteiger partial charge in [-0.15, -0.1) is 0 Å². The van der Waals surface area contributed by atoms with Crippen molar-refractivity contribution in [2.45, 2.75) is 26.2 Å². The molecule has 0 saturated carbocycles. The zero-order chi connectivity index (χ0) is 15.9. The molecule has 0 aliphatic carbocycles. The number of likely N-dealkylation sites (tertiary alicyclic amines) is 1. The molecule has 0 bridgehead atoms. The number of nitrogens with zero attached hydrogens (tertiary/aromatic N) is 1. The average Bonchev–Trinajstić information content (AvgIpc) is 2.59. The first-order valence-corrected chi connectivity index (χ1v) is 7.85. The van der Waals surface area contributed by atoms with E-state index in [4.69, 9.17) is 4.74 Å². The van der Waals surface area contributed by atoms with E-state index in [-0.39, 0.29) is 24.3 Å². The first kappa shape index (κ1) is 16.3. The summed E-state index contributed by atoms with van der Waals surface area (Å²) >= 11 is 0. The summed E-state index contributed by atoms with van der Waals surface area (Å²) in [6.07, 6.45) is 2.42. The van der Waals surface area contributed by atoms with Crippen LogP contribution in [0.2, 0.25) is 0 Å². The predicted molar refractivity (Wildman–Crippen MR) is 84.7 cm³/mol. The van der Waals surface area contributed by atoms with Crippen molar-refractivity contribution in [2.75, 3.05) is 26.7 Å². The number of hydrogen-bond acceptors (Lipinski definition) is 3. The van der Waals surface area contributed by atoms with E-state index in [0.717, 1.165) is 19.3 Å². The van der Waals surface area contributed by atoms with E-state index in [1.807, 2.05) is 24.3 Å². The SMILES string of the molecule is CCc1ccc(OCC(=O)N2CCC(C(=O)NC)CC2)cc1. The minimum Gasteiger partial charge on any atom is -0.484 e. The first-order valence-electron chi connectivity index (χ1n) is 7.85. The Kier molecular flexibility index (Phi) is 5.81. The van der Waals surface area contributed by atoms with Gasteiger partial charge in [-0.1, -0.05) is 19.1 Å². The highest BCUT2D eigenvalue weighted by Gasteiger charge is 2.26.